The minimum atomic E-state index is 0.225. The fourth-order valence-electron chi connectivity index (χ4n) is 3.88. The van der Waals surface area contributed by atoms with Crippen molar-refractivity contribution in [2.24, 2.45) is 0 Å². The van der Waals surface area contributed by atoms with Crippen molar-refractivity contribution in [1.29, 1.82) is 0 Å². The van der Waals surface area contributed by atoms with E-state index in [4.69, 9.17) is 4.74 Å². The van der Waals surface area contributed by atoms with Gasteiger partial charge in [-0.3, -0.25) is 9.69 Å². The zero-order valence-electron chi connectivity index (χ0n) is 15.4. The molecule has 0 N–H and O–H groups in total. The molecule has 4 rings (SSSR count). The molecule has 1 fully saturated rings. The van der Waals surface area contributed by atoms with Crippen LogP contribution < -0.4 is 4.74 Å². The quantitative estimate of drug-likeness (QED) is 0.831. The molecule has 0 radical (unpaired) electrons. The molecule has 0 atom stereocenters. The van der Waals surface area contributed by atoms with Crippen LogP contribution in [0.15, 0.2) is 48.5 Å². The molecule has 2 heterocycles. The van der Waals surface area contributed by atoms with Crippen LogP contribution in [0, 0.1) is 0 Å². The van der Waals surface area contributed by atoms with Gasteiger partial charge in [0.15, 0.2) is 0 Å². The predicted molar refractivity (Wildman–Crippen MR) is 102 cm³/mol. The highest BCUT2D eigenvalue weighted by Crippen LogP contribution is 2.25. The van der Waals surface area contributed by atoms with E-state index in [-0.39, 0.29) is 5.91 Å². The summed E-state index contributed by atoms with van der Waals surface area (Å²) in [6.07, 6.45) is 1.59. The van der Waals surface area contributed by atoms with Gasteiger partial charge in [0.1, 0.15) is 5.75 Å². The fourth-order valence-corrected chi connectivity index (χ4v) is 3.88. The third-order valence-electron chi connectivity index (χ3n) is 5.48. The van der Waals surface area contributed by atoms with Gasteiger partial charge in [0.05, 0.1) is 13.0 Å². The van der Waals surface area contributed by atoms with Gasteiger partial charge in [-0.1, -0.05) is 36.4 Å². The van der Waals surface area contributed by atoms with Crippen molar-refractivity contribution in [2.75, 3.05) is 26.2 Å². The van der Waals surface area contributed by atoms with Crippen LogP contribution in [0.1, 0.15) is 23.6 Å². The molecule has 0 unspecified atom stereocenters. The lowest BCUT2D eigenvalue weighted by molar-refractivity contribution is -0.138. The largest absolute Gasteiger partial charge is 0.494 e. The Balaban J connectivity index is 1.27. The molecule has 2 aromatic rings. The monoisotopic (exact) mass is 350 g/mol. The lowest BCUT2D eigenvalue weighted by atomic mass is 9.96. The van der Waals surface area contributed by atoms with Gasteiger partial charge < -0.3 is 9.64 Å². The Labute approximate surface area is 155 Å². The number of carbonyl (C=O) groups excluding carboxylic acids is 1. The van der Waals surface area contributed by atoms with E-state index in [0.717, 1.165) is 43.9 Å². The molecule has 2 aliphatic heterocycles. The molecule has 1 saturated heterocycles. The molecule has 0 spiro atoms. The van der Waals surface area contributed by atoms with Gasteiger partial charge in [0.2, 0.25) is 5.91 Å². The summed E-state index contributed by atoms with van der Waals surface area (Å²) in [6.45, 7) is 6.47. The van der Waals surface area contributed by atoms with Gasteiger partial charge in [-0.25, -0.2) is 0 Å². The molecule has 2 aromatic carbocycles. The standard InChI is InChI=1S/C22H26N2O2/c1-2-26-21-9-7-17(8-10-21)13-22(25)24-15-20(16-24)23-12-11-18-5-3-4-6-19(18)14-23/h3-10,20H,2,11-16H2,1H3. The minimum absolute atomic E-state index is 0.225. The molecule has 4 heteroatoms. The summed E-state index contributed by atoms with van der Waals surface area (Å²) in [5.74, 6) is 1.08. The first kappa shape index (κ1) is 17.1. The summed E-state index contributed by atoms with van der Waals surface area (Å²) < 4.78 is 5.45. The zero-order chi connectivity index (χ0) is 17.9. The summed E-state index contributed by atoms with van der Waals surface area (Å²) in [5, 5.41) is 0. The summed E-state index contributed by atoms with van der Waals surface area (Å²) in [5.41, 5.74) is 3.97. The van der Waals surface area contributed by atoms with E-state index in [1.54, 1.807) is 0 Å². The second-order valence-corrected chi connectivity index (χ2v) is 7.20. The Hall–Kier alpha value is -2.33. The molecule has 136 valence electrons. The molecule has 0 bridgehead atoms. The van der Waals surface area contributed by atoms with E-state index < -0.39 is 0 Å². The van der Waals surface area contributed by atoms with Gasteiger partial charge in [0, 0.05) is 32.2 Å². The van der Waals surface area contributed by atoms with Crippen LogP contribution in [0.25, 0.3) is 0 Å². The number of likely N-dealkylation sites (tertiary alicyclic amines) is 1. The number of benzene rings is 2. The van der Waals surface area contributed by atoms with Crippen molar-refractivity contribution in [1.82, 2.24) is 9.80 Å². The Morgan fingerprint density at radius 3 is 2.54 bits per heavy atom. The van der Waals surface area contributed by atoms with Gasteiger partial charge in [0.25, 0.3) is 0 Å². The van der Waals surface area contributed by atoms with E-state index in [0.29, 0.717) is 19.1 Å². The first-order valence-electron chi connectivity index (χ1n) is 9.53. The molecule has 0 aromatic heterocycles. The maximum absolute atomic E-state index is 12.5. The van der Waals surface area contributed by atoms with Crippen LogP contribution >= 0.6 is 0 Å². The average molecular weight is 350 g/mol. The van der Waals surface area contributed by atoms with Gasteiger partial charge in [-0.05, 0) is 42.2 Å². The Morgan fingerprint density at radius 1 is 1.08 bits per heavy atom. The highest BCUT2D eigenvalue weighted by atomic mass is 16.5. The Kier molecular flexibility index (Phi) is 4.93. The summed E-state index contributed by atoms with van der Waals surface area (Å²) in [6, 6.07) is 17.1. The van der Waals surface area contributed by atoms with E-state index in [9.17, 15) is 4.79 Å². The molecule has 26 heavy (non-hydrogen) atoms. The number of fused-ring (bicyclic) bond motifs is 1. The van der Waals surface area contributed by atoms with E-state index in [1.165, 1.54) is 11.1 Å². The van der Waals surface area contributed by atoms with E-state index in [2.05, 4.69) is 29.2 Å². The van der Waals surface area contributed by atoms with Crippen LogP contribution in [0.3, 0.4) is 0 Å². The van der Waals surface area contributed by atoms with Gasteiger partial charge >= 0.3 is 0 Å². The molecule has 4 nitrogen and oxygen atoms in total. The van der Waals surface area contributed by atoms with Crippen LogP contribution in [0.5, 0.6) is 5.75 Å². The summed E-state index contributed by atoms with van der Waals surface area (Å²) >= 11 is 0. The maximum atomic E-state index is 12.5. The Morgan fingerprint density at radius 2 is 1.81 bits per heavy atom. The number of carbonyl (C=O) groups is 1. The molecule has 0 aliphatic carbocycles. The average Bonchev–Trinajstić information content (AvgIpc) is 2.62. The van der Waals surface area contributed by atoms with Crippen molar-refractivity contribution in [2.45, 2.75) is 32.4 Å². The van der Waals surface area contributed by atoms with Crippen LogP contribution in [-0.4, -0.2) is 48.0 Å². The highest BCUT2D eigenvalue weighted by molar-refractivity contribution is 5.79. The van der Waals surface area contributed by atoms with Gasteiger partial charge in [-0.2, -0.15) is 0 Å². The highest BCUT2D eigenvalue weighted by Gasteiger charge is 2.35. The number of rotatable bonds is 5. The molecule has 1 amide bonds. The third kappa shape index (κ3) is 3.61. The number of amides is 1. The second-order valence-electron chi connectivity index (χ2n) is 7.20. The lowest BCUT2D eigenvalue weighted by Crippen LogP contribution is -2.61. The number of hydrogen-bond donors (Lipinski definition) is 0. The fraction of sp³-hybridized carbons (Fsp3) is 0.409. The molecular weight excluding hydrogens is 324 g/mol. The number of ether oxygens (including phenoxy) is 1. The molecular formula is C22H26N2O2. The summed E-state index contributed by atoms with van der Waals surface area (Å²) in [4.78, 5) is 17.0. The summed E-state index contributed by atoms with van der Waals surface area (Å²) in [7, 11) is 0. The first-order valence-corrected chi connectivity index (χ1v) is 9.53. The van der Waals surface area contributed by atoms with Crippen molar-refractivity contribution in [3.63, 3.8) is 0 Å². The third-order valence-corrected chi connectivity index (χ3v) is 5.48. The lowest BCUT2D eigenvalue weighted by Gasteiger charge is -2.47. The first-order chi connectivity index (χ1) is 12.7. The smallest absolute Gasteiger partial charge is 0.227 e. The second kappa shape index (κ2) is 7.50. The van der Waals surface area contributed by atoms with Crippen LogP contribution in [0.2, 0.25) is 0 Å². The zero-order valence-corrected chi connectivity index (χ0v) is 15.4. The topological polar surface area (TPSA) is 32.8 Å². The van der Waals surface area contributed by atoms with E-state index >= 15 is 0 Å². The normalized spacial score (nSPS) is 17.5. The predicted octanol–water partition coefficient (Wildman–Crippen LogP) is 2.90. The Bertz CT molecular complexity index is 766. The van der Waals surface area contributed by atoms with Crippen molar-refractivity contribution >= 4 is 5.91 Å². The van der Waals surface area contributed by atoms with Gasteiger partial charge in [-0.15, -0.1) is 0 Å². The van der Waals surface area contributed by atoms with E-state index in [1.807, 2.05) is 36.1 Å². The number of hydrogen-bond acceptors (Lipinski definition) is 3. The minimum Gasteiger partial charge on any atom is -0.494 e. The number of nitrogens with zero attached hydrogens (tertiary/aromatic N) is 2. The molecule has 2 aliphatic rings. The van der Waals surface area contributed by atoms with Crippen molar-refractivity contribution in [3.05, 3.63) is 65.2 Å². The van der Waals surface area contributed by atoms with Crippen molar-refractivity contribution < 1.29 is 9.53 Å². The maximum Gasteiger partial charge on any atom is 0.227 e. The van der Waals surface area contributed by atoms with Crippen molar-refractivity contribution in [3.8, 4) is 5.75 Å². The SMILES string of the molecule is CCOc1ccc(CC(=O)N2CC(N3CCc4ccccc4C3)C2)cc1. The van der Waals surface area contributed by atoms with Crippen LogP contribution in [-0.2, 0) is 24.2 Å². The molecule has 0 saturated carbocycles. The van der Waals surface area contributed by atoms with Crippen LogP contribution in [0.4, 0.5) is 0 Å².